The quantitative estimate of drug-likeness (QED) is 0.676. The third kappa shape index (κ3) is 4.01. The Labute approximate surface area is 169 Å². The van der Waals surface area contributed by atoms with E-state index in [1.165, 1.54) is 18.2 Å². The maximum atomic E-state index is 12.8. The van der Waals surface area contributed by atoms with Crippen molar-refractivity contribution in [1.29, 1.82) is 0 Å². The zero-order valence-corrected chi connectivity index (χ0v) is 16.4. The van der Waals surface area contributed by atoms with E-state index in [-0.39, 0.29) is 11.8 Å². The molecule has 3 aromatic rings. The Hall–Kier alpha value is -3.54. The van der Waals surface area contributed by atoms with Crippen LogP contribution in [0.25, 0.3) is 0 Å². The molecule has 148 valence electrons. The lowest BCUT2D eigenvalue weighted by Crippen LogP contribution is -2.29. The molecule has 1 unspecified atom stereocenters. The number of nitrogens with one attached hydrogen (secondary N) is 2. The molecule has 2 amide bonds. The zero-order valence-electron chi connectivity index (χ0n) is 16.4. The van der Waals surface area contributed by atoms with Gasteiger partial charge in [0.05, 0.1) is 18.4 Å². The van der Waals surface area contributed by atoms with E-state index in [0.29, 0.717) is 35.3 Å². The molecule has 2 aromatic carbocycles. The van der Waals surface area contributed by atoms with Gasteiger partial charge >= 0.3 is 0 Å². The third-order valence-corrected chi connectivity index (χ3v) is 5.12. The van der Waals surface area contributed by atoms with Crippen molar-refractivity contribution in [2.45, 2.75) is 32.9 Å². The van der Waals surface area contributed by atoms with Gasteiger partial charge in [0.1, 0.15) is 5.76 Å². The second-order valence-corrected chi connectivity index (χ2v) is 7.28. The number of nitrogens with zero attached hydrogens (tertiary/aromatic N) is 1. The predicted octanol–water partition coefficient (Wildman–Crippen LogP) is 4.44. The highest BCUT2D eigenvalue weighted by atomic mass is 16.3. The third-order valence-electron chi connectivity index (χ3n) is 5.12. The number of fused-ring (bicyclic) bond motifs is 1. The number of furan rings is 1. The fourth-order valence-corrected chi connectivity index (χ4v) is 3.73. The first-order valence-electron chi connectivity index (χ1n) is 9.61. The molecule has 6 nitrogen and oxygen atoms in total. The van der Waals surface area contributed by atoms with Crippen LogP contribution in [0.2, 0.25) is 0 Å². The van der Waals surface area contributed by atoms with E-state index in [1.807, 2.05) is 6.07 Å². The van der Waals surface area contributed by atoms with Crippen LogP contribution in [0.3, 0.4) is 0 Å². The van der Waals surface area contributed by atoms with Crippen LogP contribution in [0.15, 0.2) is 65.3 Å². The van der Waals surface area contributed by atoms with E-state index in [4.69, 9.17) is 4.42 Å². The van der Waals surface area contributed by atoms with Gasteiger partial charge in [-0.25, -0.2) is 0 Å². The van der Waals surface area contributed by atoms with Crippen molar-refractivity contribution in [3.05, 3.63) is 77.7 Å². The SMILES string of the molecule is CC(=O)Nc1ccc(NC(=O)c2ccoc2CN2c3ccccc3CC2C)cc1. The van der Waals surface area contributed by atoms with Crippen LogP contribution in [-0.4, -0.2) is 17.9 Å². The first kappa shape index (κ1) is 18.8. The number of anilines is 3. The van der Waals surface area contributed by atoms with Crippen LogP contribution >= 0.6 is 0 Å². The largest absolute Gasteiger partial charge is 0.467 e. The van der Waals surface area contributed by atoms with Crippen molar-refractivity contribution in [3.63, 3.8) is 0 Å². The van der Waals surface area contributed by atoms with E-state index in [2.05, 4.69) is 40.7 Å². The van der Waals surface area contributed by atoms with Crippen LogP contribution in [-0.2, 0) is 17.8 Å². The summed E-state index contributed by atoms with van der Waals surface area (Å²) < 4.78 is 5.66. The van der Waals surface area contributed by atoms with Gasteiger partial charge in [-0.2, -0.15) is 0 Å². The average Bonchev–Trinajstić information content (AvgIpc) is 3.28. The average molecular weight is 389 g/mol. The number of para-hydroxylation sites is 1. The van der Waals surface area contributed by atoms with Crippen LogP contribution < -0.4 is 15.5 Å². The molecule has 1 aliphatic heterocycles. The molecule has 2 heterocycles. The number of carbonyl (C=O) groups is 2. The van der Waals surface area contributed by atoms with Crippen LogP contribution in [0, 0.1) is 0 Å². The Morgan fingerprint density at radius 1 is 1.03 bits per heavy atom. The van der Waals surface area contributed by atoms with Gasteiger partial charge in [0, 0.05) is 30.0 Å². The van der Waals surface area contributed by atoms with E-state index in [1.54, 1.807) is 36.6 Å². The van der Waals surface area contributed by atoms with Gasteiger partial charge in [0.25, 0.3) is 5.91 Å². The van der Waals surface area contributed by atoms with Crippen molar-refractivity contribution in [2.24, 2.45) is 0 Å². The van der Waals surface area contributed by atoms with Crippen molar-refractivity contribution in [2.75, 3.05) is 15.5 Å². The normalized spacial score (nSPS) is 15.1. The van der Waals surface area contributed by atoms with Gasteiger partial charge in [-0.1, -0.05) is 18.2 Å². The molecule has 0 bridgehead atoms. The molecule has 1 aliphatic rings. The molecule has 2 N–H and O–H groups in total. The number of amides is 2. The lowest BCUT2D eigenvalue weighted by atomic mass is 10.1. The molecular weight excluding hydrogens is 366 g/mol. The van der Waals surface area contributed by atoms with Crippen LogP contribution in [0.1, 0.15) is 35.5 Å². The maximum absolute atomic E-state index is 12.8. The van der Waals surface area contributed by atoms with Gasteiger partial charge < -0.3 is 20.0 Å². The standard InChI is InChI=1S/C23H23N3O3/c1-15-13-17-5-3-4-6-21(17)26(15)14-22-20(11-12-29-22)23(28)25-19-9-7-18(8-10-19)24-16(2)27/h3-12,15H,13-14H2,1-2H3,(H,24,27)(H,25,28). The first-order valence-corrected chi connectivity index (χ1v) is 9.61. The molecule has 0 saturated heterocycles. The van der Waals surface area contributed by atoms with Gasteiger partial charge in [-0.05, 0) is 55.3 Å². The van der Waals surface area contributed by atoms with Crippen molar-refractivity contribution in [1.82, 2.24) is 0 Å². The highest BCUT2D eigenvalue weighted by Gasteiger charge is 2.28. The molecule has 0 spiro atoms. The predicted molar refractivity (Wildman–Crippen MR) is 113 cm³/mol. The molecule has 1 aromatic heterocycles. The Morgan fingerprint density at radius 2 is 1.72 bits per heavy atom. The summed E-state index contributed by atoms with van der Waals surface area (Å²) in [4.78, 5) is 26.2. The number of rotatable bonds is 5. The number of hydrogen-bond acceptors (Lipinski definition) is 4. The Kier molecular flexibility index (Phi) is 5.08. The maximum Gasteiger partial charge on any atom is 0.259 e. The topological polar surface area (TPSA) is 74.6 Å². The van der Waals surface area contributed by atoms with E-state index >= 15 is 0 Å². The monoisotopic (exact) mass is 389 g/mol. The zero-order chi connectivity index (χ0) is 20.4. The summed E-state index contributed by atoms with van der Waals surface area (Å²) in [6.45, 7) is 4.17. The molecule has 1 atom stereocenters. The molecule has 4 rings (SSSR count). The van der Waals surface area contributed by atoms with Crippen molar-refractivity contribution < 1.29 is 14.0 Å². The van der Waals surface area contributed by atoms with Crippen LogP contribution in [0.5, 0.6) is 0 Å². The molecule has 29 heavy (non-hydrogen) atoms. The Morgan fingerprint density at radius 3 is 2.45 bits per heavy atom. The Balaban J connectivity index is 1.48. The van der Waals surface area contributed by atoms with Gasteiger partial charge in [-0.3, -0.25) is 9.59 Å². The minimum Gasteiger partial charge on any atom is -0.467 e. The van der Waals surface area contributed by atoms with E-state index in [9.17, 15) is 9.59 Å². The molecular formula is C23H23N3O3. The highest BCUT2D eigenvalue weighted by Crippen LogP contribution is 2.33. The minimum atomic E-state index is -0.221. The van der Waals surface area contributed by atoms with E-state index in [0.717, 1.165) is 6.42 Å². The highest BCUT2D eigenvalue weighted by molar-refractivity contribution is 6.05. The summed E-state index contributed by atoms with van der Waals surface area (Å²) in [6, 6.07) is 17.4. The fraction of sp³-hybridized carbons (Fsp3) is 0.217. The van der Waals surface area contributed by atoms with Crippen molar-refractivity contribution in [3.8, 4) is 0 Å². The first-order chi connectivity index (χ1) is 14.0. The molecule has 0 saturated carbocycles. The van der Waals surface area contributed by atoms with Gasteiger partial charge in [0.2, 0.25) is 5.91 Å². The molecule has 0 aliphatic carbocycles. The number of carbonyl (C=O) groups excluding carboxylic acids is 2. The van der Waals surface area contributed by atoms with Gasteiger partial charge in [0.15, 0.2) is 0 Å². The smallest absolute Gasteiger partial charge is 0.259 e. The molecule has 0 fully saturated rings. The summed E-state index contributed by atoms with van der Waals surface area (Å²) in [5, 5.41) is 5.59. The van der Waals surface area contributed by atoms with Gasteiger partial charge in [-0.15, -0.1) is 0 Å². The summed E-state index contributed by atoms with van der Waals surface area (Å²) in [5.41, 5.74) is 4.36. The lowest BCUT2D eigenvalue weighted by molar-refractivity contribution is -0.114. The van der Waals surface area contributed by atoms with E-state index < -0.39 is 0 Å². The number of hydrogen-bond donors (Lipinski definition) is 2. The molecule has 6 heteroatoms. The second kappa shape index (κ2) is 7.83. The van der Waals surface area contributed by atoms with Crippen LogP contribution in [0.4, 0.5) is 17.1 Å². The van der Waals surface area contributed by atoms with Crippen molar-refractivity contribution >= 4 is 28.9 Å². The lowest BCUT2D eigenvalue weighted by Gasteiger charge is -2.24. The summed E-state index contributed by atoms with van der Waals surface area (Å²) in [7, 11) is 0. The summed E-state index contributed by atoms with van der Waals surface area (Å²) in [5.74, 6) is 0.282. The number of benzene rings is 2. The summed E-state index contributed by atoms with van der Waals surface area (Å²) >= 11 is 0. The molecule has 0 radical (unpaired) electrons. The fourth-order valence-electron chi connectivity index (χ4n) is 3.73. The minimum absolute atomic E-state index is 0.137. The summed E-state index contributed by atoms with van der Waals surface area (Å²) in [6.07, 6.45) is 2.54. The Bertz CT molecular complexity index is 1040. The second-order valence-electron chi connectivity index (χ2n) is 7.28.